The third-order valence-electron chi connectivity index (χ3n) is 11.9. The molecule has 66 heavy (non-hydrogen) atoms. The average Bonchev–Trinajstić information content (AvgIpc) is 3.90. The van der Waals surface area contributed by atoms with Gasteiger partial charge < -0.3 is 33.6 Å². The van der Waals surface area contributed by atoms with Crippen LogP contribution in [0.3, 0.4) is 0 Å². The van der Waals surface area contributed by atoms with E-state index in [2.05, 4.69) is 133 Å². The summed E-state index contributed by atoms with van der Waals surface area (Å²) in [5.41, 5.74) is 0.264. The van der Waals surface area contributed by atoms with Gasteiger partial charge in [0.25, 0.3) is 0 Å². The van der Waals surface area contributed by atoms with Crippen molar-refractivity contribution in [1.82, 2.24) is 14.7 Å². The van der Waals surface area contributed by atoms with Gasteiger partial charge in [-0.1, -0.05) is 11.6 Å². The molecule has 4 aliphatic rings. The fourth-order valence-electron chi connectivity index (χ4n) is 7.89. The Morgan fingerprint density at radius 3 is 1.15 bits per heavy atom. The minimum atomic E-state index is -2.56. The molecule has 0 aromatic heterocycles. The Morgan fingerprint density at radius 1 is 0.591 bits per heavy atom. The molecule has 0 saturated carbocycles. The Kier molecular flexibility index (Phi) is 18.7. The number of piperidine rings is 3. The molecule has 3 amide bonds. The van der Waals surface area contributed by atoms with E-state index < -0.39 is 22.1 Å². The van der Waals surface area contributed by atoms with Crippen molar-refractivity contribution in [3.8, 4) is 0 Å². The zero-order valence-electron chi connectivity index (χ0n) is 41.7. The zero-order chi connectivity index (χ0) is 49.0. The van der Waals surface area contributed by atoms with Gasteiger partial charge in [-0.3, -0.25) is 4.79 Å². The van der Waals surface area contributed by atoms with E-state index in [1.54, 1.807) is 14.7 Å². The maximum absolute atomic E-state index is 11.8. The van der Waals surface area contributed by atoms with Crippen molar-refractivity contribution in [2.75, 3.05) is 45.9 Å². The topological polar surface area (TPSA) is 118 Å². The predicted molar refractivity (Wildman–Crippen MR) is 273 cm³/mol. The number of ketones is 1. The summed E-state index contributed by atoms with van der Waals surface area (Å²) in [6.07, 6.45) is 6.57. The van der Waals surface area contributed by atoms with Crippen molar-refractivity contribution in [1.29, 1.82) is 0 Å². The monoisotopic (exact) mass is 993 g/mol. The molecule has 7 rings (SSSR count). The van der Waals surface area contributed by atoms with Gasteiger partial charge >= 0.3 is 153 Å². The third kappa shape index (κ3) is 15.9. The van der Waals surface area contributed by atoms with E-state index in [9.17, 15) is 19.2 Å². The molecule has 0 N–H and O–H groups in total. The number of nitrogens with zero attached hydrogens (tertiary/aromatic N) is 3. The van der Waals surface area contributed by atoms with Crippen LogP contribution in [0, 0.1) is 0 Å². The first-order chi connectivity index (χ1) is 30.7. The van der Waals surface area contributed by atoms with Gasteiger partial charge in [0.1, 0.15) is 22.6 Å². The van der Waals surface area contributed by atoms with Gasteiger partial charge in [0.15, 0.2) is 0 Å². The Hall–Kier alpha value is -4.25. The van der Waals surface area contributed by atoms with Crippen molar-refractivity contribution < 1.29 is 38.1 Å². The standard InChI is InChI=1S/C19H18BrP.C12H21NO3.C12H21NO2.C10H17NO3/c1-21(20,17-11-5-2-6-12-17,18-13-7-3-8-14-18)19-15-9-4-10-16-19;1-9-12(15-9)5-7-13(8-6-12)10(14)16-11(2,3)4;1-5-10-6-8-13(9-7-10)11(14)15-12(2,3)4;1-10(2,3)14-9(13)11-6-4-8(12)5-7-11/h2-16H,1H3;9H,5-8H2,1-4H3;5H,6-9H2,1-4H3;4-7H2,1-3H3. The fourth-order valence-corrected chi connectivity index (χ4v) is 13.6. The Morgan fingerprint density at radius 2 is 0.879 bits per heavy atom. The van der Waals surface area contributed by atoms with Crippen molar-refractivity contribution in [3.63, 3.8) is 0 Å². The molecule has 4 heterocycles. The average molecular weight is 995 g/mol. The molecule has 1 unspecified atom stereocenters. The molecule has 4 saturated heterocycles. The van der Waals surface area contributed by atoms with Gasteiger partial charge in [0.2, 0.25) is 0 Å². The van der Waals surface area contributed by atoms with E-state index in [1.807, 2.05) is 62.3 Å². The number of halogens is 1. The van der Waals surface area contributed by atoms with Gasteiger partial charge in [-0.15, -0.1) is 0 Å². The van der Waals surface area contributed by atoms with Crippen LogP contribution in [0.1, 0.15) is 115 Å². The summed E-state index contributed by atoms with van der Waals surface area (Å²) >= 11 is 4.24. The second-order valence-electron chi connectivity index (χ2n) is 20.6. The Balaban J connectivity index is 0.000000195. The Labute approximate surface area is 403 Å². The number of carbonyl (C=O) groups is 4. The molecule has 4 fully saturated rings. The number of benzene rings is 3. The first-order valence-corrected chi connectivity index (χ1v) is 28.1. The number of epoxide rings is 1. The number of amides is 3. The van der Waals surface area contributed by atoms with E-state index in [0.29, 0.717) is 32.0 Å². The van der Waals surface area contributed by atoms with E-state index >= 15 is 0 Å². The summed E-state index contributed by atoms with van der Waals surface area (Å²) < 4.78 is 21.4. The van der Waals surface area contributed by atoms with Crippen LogP contribution < -0.4 is 15.9 Å². The van der Waals surface area contributed by atoms with E-state index in [0.717, 1.165) is 51.9 Å². The number of ether oxygens (including phenoxy) is 4. The number of carbonyl (C=O) groups excluding carboxylic acids is 4. The molecule has 4 aliphatic heterocycles. The van der Waals surface area contributed by atoms with Crippen molar-refractivity contribution in [3.05, 3.63) is 103 Å². The van der Waals surface area contributed by atoms with Gasteiger partial charge in [-0.2, -0.15) is 0 Å². The van der Waals surface area contributed by atoms with Crippen LogP contribution in [0.2, 0.25) is 0 Å². The first kappa shape index (κ1) is 54.4. The van der Waals surface area contributed by atoms with Crippen LogP contribution in [-0.2, 0) is 23.7 Å². The van der Waals surface area contributed by atoms with E-state index in [-0.39, 0.29) is 29.7 Å². The SMILES string of the molecule is CC(C)(C)OC(=O)N1CCC(=O)CC1.CC1OC12CCN(C(=O)OC(C)(C)C)CC2.CC=C1CCN(C(=O)OC(C)(C)C)CC1.CP(Br)(c1ccccc1)(c1ccccc1)c1ccccc1. The summed E-state index contributed by atoms with van der Waals surface area (Å²) in [7, 11) is 0. The number of allylic oxidation sites excluding steroid dienone is 1. The second kappa shape index (κ2) is 22.7. The van der Waals surface area contributed by atoms with E-state index in [4.69, 9.17) is 18.9 Å². The van der Waals surface area contributed by atoms with Gasteiger partial charge in [0.05, 0.1) is 11.7 Å². The molecular weight excluding hydrogens is 917 g/mol. The molecule has 0 radical (unpaired) electrons. The third-order valence-corrected chi connectivity index (χ3v) is 20.2. The summed E-state index contributed by atoms with van der Waals surface area (Å²) in [6.45, 7) is 27.4. The number of rotatable bonds is 3. The van der Waals surface area contributed by atoms with Gasteiger partial charge in [-0.25, -0.2) is 14.4 Å². The fraction of sp³-hybridized carbons (Fsp3) is 0.547. The quantitative estimate of drug-likeness (QED) is 0.110. The van der Waals surface area contributed by atoms with Crippen LogP contribution in [-0.4, -0.2) is 113 Å². The maximum atomic E-state index is 11.8. The first-order valence-electron chi connectivity index (χ1n) is 23.4. The molecule has 0 bridgehead atoms. The van der Waals surface area contributed by atoms with Crippen molar-refractivity contribution in [2.45, 2.75) is 143 Å². The van der Waals surface area contributed by atoms with Crippen molar-refractivity contribution in [2.24, 2.45) is 0 Å². The minimum absolute atomic E-state index is 0.0819. The summed E-state index contributed by atoms with van der Waals surface area (Å²) in [5.74, 6) is 0.227. The second-order valence-corrected chi connectivity index (χ2v) is 30.4. The summed E-state index contributed by atoms with van der Waals surface area (Å²) in [4.78, 5) is 51.1. The van der Waals surface area contributed by atoms with E-state index in [1.165, 1.54) is 21.5 Å². The molecular formula is C53H77BrN3O8P. The number of hydrogen-bond acceptors (Lipinski definition) is 8. The number of likely N-dealkylation sites (tertiary alicyclic amines) is 3. The molecule has 13 heteroatoms. The molecule has 1 atom stereocenters. The summed E-state index contributed by atoms with van der Waals surface area (Å²) in [6, 6.07) is 32.3. The van der Waals surface area contributed by atoms with Gasteiger partial charge in [0, 0.05) is 52.1 Å². The summed E-state index contributed by atoms with van der Waals surface area (Å²) in [5, 5.41) is 1.48. The molecule has 364 valence electrons. The predicted octanol–water partition coefficient (Wildman–Crippen LogP) is 11.2. The molecule has 1 spiro atoms. The molecule has 11 nitrogen and oxygen atoms in total. The van der Waals surface area contributed by atoms with Crippen LogP contribution in [0.4, 0.5) is 14.4 Å². The zero-order valence-corrected chi connectivity index (χ0v) is 44.2. The molecule has 0 aliphatic carbocycles. The van der Waals surface area contributed by atoms with Crippen LogP contribution in [0.15, 0.2) is 103 Å². The van der Waals surface area contributed by atoms with Crippen LogP contribution in [0.5, 0.6) is 0 Å². The normalized spacial score (nSPS) is 18.9. The van der Waals surface area contributed by atoms with Gasteiger partial charge in [-0.05, 0) is 102 Å². The molecule has 3 aromatic rings. The van der Waals surface area contributed by atoms with Crippen LogP contribution >= 0.6 is 20.8 Å². The van der Waals surface area contributed by atoms with Crippen molar-refractivity contribution >= 4 is 60.8 Å². The number of Topliss-reactive ketones (excluding diaryl/α,β-unsaturated/α-hetero) is 1. The molecule has 3 aromatic carbocycles. The number of hydrogen-bond donors (Lipinski definition) is 0. The van der Waals surface area contributed by atoms with Crippen LogP contribution in [0.25, 0.3) is 0 Å². The Bertz CT molecular complexity index is 1960.